The number of carbonyl (C=O) groups excluding carboxylic acids is 1. The molecule has 0 bridgehead atoms. The number of anilines is 1. The van der Waals surface area contributed by atoms with Crippen molar-refractivity contribution in [1.82, 2.24) is 0 Å². The highest BCUT2D eigenvalue weighted by molar-refractivity contribution is 9.10. The van der Waals surface area contributed by atoms with Crippen LogP contribution in [0.2, 0.25) is 0 Å². The number of hydrogen-bond donors (Lipinski definition) is 0. The fourth-order valence-corrected chi connectivity index (χ4v) is 2.90. The number of hydrogen-bond acceptors (Lipinski definition) is 4. The molecule has 0 aliphatic carbocycles. The summed E-state index contributed by atoms with van der Waals surface area (Å²) >= 11 is 3.28. The molecule has 0 radical (unpaired) electrons. The van der Waals surface area contributed by atoms with Crippen LogP contribution >= 0.6 is 15.9 Å². The number of rotatable bonds is 6. The van der Waals surface area contributed by atoms with Gasteiger partial charge in [0.25, 0.3) is 0 Å². The van der Waals surface area contributed by atoms with Crippen LogP contribution in [0.5, 0.6) is 0 Å². The summed E-state index contributed by atoms with van der Waals surface area (Å²) in [5, 5.41) is 0. The summed E-state index contributed by atoms with van der Waals surface area (Å²) in [6, 6.07) is 6.77. The highest BCUT2D eigenvalue weighted by atomic mass is 79.9. The maximum atomic E-state index is 12.1. The van der Waals surface area contributed by atoms with Crippen LogP contribution in [0.15, 0.2) is 28.7 Å². The lowest BCUT2D eigenvalue weighted by molar-refractivity contribution is -0.141. The number of ether oxygens (including phenoxy) is 1. The molecule has 0 amide bonds. The predicted molar refractivity (Wildman–Crippen MR) is 77.6 cm³/mol. The summed E-state index contributed by atoms with van der Waals surface area (Å²) in [7, 11) is -3.53. The zero-order chi connectivity index (χ0) is 14.5. The first-order valence-electron chi connectivity index (χ1n) is 5.82. The summed E-state index contributed by atoms with van der Waals surface area (Å²) < 4.78 is 30.7. The van der Waals surface area contributed by atoms with E-state index in [0.29, 0.717) is 5.69 Å². The first kappa shape index (κ1) is 16.0. The van der Waals surface area contributed by atoms with Crippen LogP contribution < -0.4 is 4.31 Å². The van der Waals surface area contributed by atoms with Gasteiger partial charge >= 0.3 is 5.97 Å². The van der Waals surface area contributed by atoms with Crippen LogP contribution in [0.1, 0.15) is 13.8 Å². The van der Waals surface area contributed by atoms with Gasteiger partial charge in [-0.1, -0.05) is 22.0 Å². The molecule has 7 heteroatoms. The number of nitrogens with zero attached hydrogens (tertiary/aromatic N) is 1. The molecular formula is C12H16BrNO4S. The molecule has 5 nitrogen and oxygen atoms in total. The average Bonchev–Trinajstić information content (AvgIpc) is 2.36. The molecule has 0 saturated carbocycles. The second-order valence-corrected chi connectivity index (χ2v) is 6.79. The number of halogens is 1. The highest BCUT2D eigenvalue weighted by Crippen LogP contribution is 2.22. The molecule has 0 fully saturated rings. The topological polar surface area (TPSA) is 63.7 Å². The summed E-state index contributed by atoms with van der Waals surface area (Å²) in [5.41, 5.74) is 0.435. The second kappa shape index (κ2) is 6.91. The summed E-state index contributed by atoms with van der Waals surface area (Å²) in [5.74, 6) is -0.654. The summed E-state index contributed by atoms with van der Waals surface area (Å²) in [6.07, 6.45) is 0. The Labute approximate surface area is 121 Å². The lowest BCUT2D eigenvalue weighted by Gasteiger charge is -2.22. The lowest BCUT2D eigenvalue weighted by Crippen LogP contribution is -2.37. The van der Waals surface area contributed by atoms with E-state index < -0.39 is 16.0 Å². The van der Waals surface area contributed by atoms with Gasteiger partial charge in [0.1, 0.15) is 6.54 Å². The van der Waals surface area contributed by atoms with E-state index in [1.807, 2.05) is 0 Å². The van der Waals surface area contributed by atoms with Gasteiger partial charge in [0.05, 0.1) is 18.0 Å². The average molecular weight is 350 g/mol. The minimum Gasteiger partial charge on any atom is -0.465 e. The fourth-order valence-electron chi connectivity index (χ4n) is 1.46. The van der Waals surface area contributed by atoms with Gasteiger partial charge < -0.3 is 4.74 Å². The molecule has 0 saturated heterocycles. The van der Waals surface area contributed by atoms with Crippen molar-refractivity contribution in [3.63, 3.8) is 0 Å². The number of benzene rings is 1. The standard InChI is InChI=1S/C12H16BrNO4S/c1-3-18-12(15)9-14(19(16,17)4-2)11-7-5-6-10(13)8-11/h5-8H,3-4,9H2,1-2H3. The third kappa shape index (κ3) is 4.50. The Balaban J connectivity index is 3.10. The molecule has 0 N–H and O–H groups in total. The molecule has 0 aromatic heterocycles. The van der Waals surface area contributed by atoms with Gasteiger partial charge in [0.15, 0.2) is 0 Å². The van der Waals surface area contributed by atoms with Crippen molar-refractivity contribution >= 4 is 37.6 Å². The Morgan fingerprint density at radius 3 is 2.58 bits per heavy atom. The molecule has 0 heterocycles. The SMILES string of the molecule is CCOC(=O)CN(c1cccc(Br)c1)S(=O)(=O)CC. The number of sulfonamides is 1. The summed E-state index contributed by atoms with van der Waals surface area (Å²) in [4.78, 5) is 11.5. The van der Waals surface area contributed by atoms with E-state index in [9.17, 15) is 13.2 Å². The molecule has 19 heavy (non-hydrogen) atoms. The summed E-state index contributed by atoms with van der Waals surface area (Å²) in [6.45, 7) is 3.11. The third-order valence-corrected chi connectivity index (χ3v) is 4.61. The van der Waals surface area contributed by atoms with Gasteiger partial charge in [-0.15, -0.1) is 0 Å². The zero-order valence-electron chi connectivity index (χ0n) is 10.8. The van der Waals surface area contributed by atoms with Gasteiger partial charge in [0.2, 0.25) is 10.0 Å². The Bertz CT molecular complexity index is 544. The van der Waals surface area contributed by atoms with E-state index in [2.05, 4.69) is 15.9 Å². The zero-order valence-corrected chi connectivity index (χ0v) is 13.2. The quantitative estimate of drug-likeness (QED) is 0.738. The predicted octanol–water partition coefficient (Wildman–Crippen LogP) is 2.17. The Hall–Kier alpha value is -1.08. The molecule has 0 aliphatic rings. The van der Waals surface area contributed by atoms with Crippen LogP contribution in [-0.4, -0.2) is 33.3 Å². The van der Waals surface area contributed by atoms with Crippen molar-refractivity contribution in [2.45, 2.75) is 13.8 Å². The molecule has 0 unspecified atom stereocenters. The molecule has 1 aromatic carbocycles. The van der Waals surface area contributed by atoms with Crippen molar-refractivity contribution in [1.29, 1.82) is 0 Å². The monoisotopic (exact) mass is 349 g/mol. The van der Waals surface area contributed by atoms with Gasteiger partial charge in [-0.2, -0.15) is 0 Å². The van der Waals surface area contributed by atoms with Crippen LogP contribution in [0.4, 0.5) is 5.69 Å². The minimum atomic E-state index is -3.53. The van der Waals surface area contributed by atoms with Gasteiger partial charge in [-0.05, 0) is 32.0 Å². The molecule has 106 valence electrons. The van der Waals surface area contributed by atoms with Crippen molar-refractivity contribution in [2.75, 3.05) is 23.2 Å². The van der Waals surface area contributed by atoms with Gasteiger partial charge in [-0.3, -0.25) is 9.10 Å². The Kier molecular flexibility index (Phi) is 5.81. The molecular weight excluding hydrogens is 334 g/mol. The van der Waals surface area contributed by atoms with Gasteiger partial charge in [0, 0.05) is 4.47 Å². The number of esters is 1. The molecule has 1 aromatic rings. The minimum absolute atomic E-state index is 0.0844. The van der Waals surface area contributed by atoms with E-state index in [-0.39, 0.29) is 18.9 Å². The fraction of sp³-hybridized carbons (Fsp3) is 0.417. The van der Waals surface area contributed by atoms with E-state index in [1.165, 1.54) is 6.92 Å². The molecule has 0 atom stereocenters. The van der Waals surface area contributed by atoms with Crippen molar-refractivity contribution < 1.29 is 17.9 Å². The Morgan fingerprint density at radius 2 is 2.05 bits per heavy atom. The number of carbonyl (C=O) groups is 1. The van der Waals surface area contributed by atoms with Crippen molar-refractivity contribution in [2.24, 2.45) is 0 Å². The van der Waals surface area contributed by atoms with Crippen molar-refractivity contribution in [3.05, 3.63) is 28.7 Å². The first-order valence-corrected chi connectivity index (χ1v) is 8.22. The molecule has 0 aliphatic heterocycles. The normalized spacial score (nSPS) is 11.1. The van der Waals surface area contributed by atoms with E-state index in [1.54, 1.807) is 31.2 Å². The van der Waals surface area contributed by atoms with Crippen LogP contribution in [-0.2, 0) is 19.6 Å². The van der Waals surface area contributed by atoms with Crippen LogP contribution in [0.25, 0.3) is 0 Å². The van der Waals surface area contributed by atoms with E-state index >= 15 is 0 Å². The smallest absolute Gasteiger partial charge is 0.326 e. The largest absolute Gasteiger partial charge is 0.465 e. The highest BCUT2D eigenvalue weighted by Gasteiger charge is 2.24. The maximum absolute atomic E-state index is 12.1. The first-order chi connectivity index (χ1) is 8.90. The second-order valence-electron chi connectivity index (χ2n) is 3.69. The van der Waals surface area contributed by atoms with E-state index in [0.717, 1.165) is 8.78 Å². The Morgan fingerprint density at radius 1 is 1.37 bits per heavy atom. The lowest BCUT2D eigenvalue weighted by atomic mass is 10.3. The van der Waals surface area contributed by atoms with Gasteiger partial charge in [-0.25, -0.2) is 8.42 Å². The van der Waals surface area contributed by atoms with Crippen LogP contribution in [0, 0.1) is 0 Å². The van der Waals surface area contributed by atoms with E-state index in [4.69, 9.17) is 4.74 Å². The van der Waals surface area contributed by atoms with Crippen molar-refractivity contribution in [3.8, 4) is 0 Å². The van der Waals surface area contributed by atoms with Crippen LogP contribution in [0.3, 0.4) is 0 Å². The molecule has 0 spiro atoms. The maximum Gasteiger partial charge on any atom is 0.326 e. The third-order valence-electron chi connectivity index (χ3n) is 2.37. The molecule has 1 rings (SSSR count).